The Hall–Kier alpha value is -1.94. The summed E-state index contributed by atoms with van der Waals surface area (Å²) in [6, 6.07) is 0. The molecule has 0 aliphatic heterocycles. The average molecular weight is 1470 g/mol. The van der Waals surface area contributed by atoms with E-state index in [0.717, 1.165) is 95.8 Å². The Labute approximate surface area is 613 Å². The topological polar surface area (TPSA) is 237 Å². The Morgan fingerprint density at radius 3 is 0.680 bits per heavy atom. The van der Waals surface area contributed by atoms with Gasteiger partial charge < -0.3 is 33.8 Å². The molecule has 5 atom stereocenters. The van der Waals surface area contributed by atoms with Crippen LogP contribution in [0.2, 0.25) is 0 Å². The van der Waals surface area contributed by atoms with E-state index in [1.54, 1.807) is 0 Å². The van der Waals surface area contributed by atoms with E-state index in [1.807, 2.05) is 0 Å². The number of esters is 4. The Morgan fingerprint density at radius 2 is 0.460 bits per heavy atom. The summed E-state index contributed by atoms with van der Waals surface area (Å²) in [6.45, 7) is 7.33. The first kappa shape index (κ1) is 98.1. The molecule has 0 amide bonds. The lowest BCUT2D eigenvalue weighted by molar-refractivity contribution is -0.161. The zero-order chi connectivity index (χ0) is 73.4. The van der Waals surface area contributed by atoms with Gasteiger partial charge in [-0.1, -0.05) is 381 Å². The van der Waals surface area contributed by atoms with E-state index in [9.17, 15) is 43.2 Å². The van der Waals surface area contributed by atoms with Crippen LogP contribution in [0.25, 0.3) is 0 Å². The molecule has 0 aromatic heterocycles. The van der Waals surface area contributed by atoms with Gasteiger partial charge in [-0.25, -0.2) is 9.13 Å². The van der Waals surface area contributed by atoms with Gasteiger partial charge in [-0.3, -0.25) is 37.3 Å². The molecule has 100 heavy (non-hydrogen) atoms. The first-order valence-electron chi connectivity index (χ1n) is 42.1. The molecule has 594 valence electrons. The van der Waals surface area contributed by atoms with Crippen LogP contribution in [0.5, 0.6) is 0 Å². The van der Waals surface area contributed by atoms with Gasteiger partial charge in [-0.2, -0.15) is 0 Å². The summed E-state index contributed by atoms with van der Waals surface area (Å²) >= 11 is 0. The zero-order valence-electron chi connectivity index (χ0n) is 65.3. The first-order valence-corrected chi connectivity index (χ1v) is 45.1. The minimum absolute atomic E-state index is 0.107. The van der Waals surface area contributed by atoms with Crippen molar-refractivity contribution in [1.82, 2.24) is 0 Å². The molecule has 0 heterocycles. The molecule has 0 aliphatic rings. The number of ether oxygens (including phenoxy) is 4. The van der Waals surface area contributed by atoms with E-state index < -0.39 is 97.5 Å². The van der Waals surface area contributed by atoms with Crippen molar-refractivity contribution in [3.63, 3.8) is 0 Å². The fourth-order valence-electron chi connectivity index (χ4n) is 12.6. The van der Waals surface area contributed by atoms with Crippen LogP contribution in [0, 0.1) is 5.92 Å². The summed E-state index contributed by atoms with van der Waals surface area (Å²) < 4.78 is 68.7. The van der Waals surface area contributed by atoms with Gasteiger partial charge in [0, 0.05) is 25.7 Å². The Morgan fingerprint density at radius 1 is 0.270 bits per heavy atom. The molecule has 2 unspecified atom stereocenters. The second-order valence-corrected chi connectivity index (χ2v) is 32.5. The predicted octanol–water partition coefficient (Wildman–Crippen LogP) is 24.4. The van der Waals surface area contributed by atoms with Gasteiger partial charge in [0.15, 0.2) is 12.2 Å². The number of hydrogen-bond acceptors (Lipinski definition) is 15. The van der Waals surface area contributed by atoms with Crippen molar-refractivity contribution in [2.75, 3.05) is 39.6 Å². The lowest BCUT2D eigenvalue weighted by Crippen LogP contribution is -2.30. The smallest absolute Gasteiger partial charge is 0.462 e. The number of phosphoric ester groups is 2. The van der Waals surface area contributed by atoms with Crippen LogP contribution in [0.4, 0.5) is 0 Å². The third-order valence-electron chi connectivity index (χ3n) is 19.0. The maximum Gasteiger partial charge on any atom is 0.472 e. The molecule has 0 radical (unpaired) electrons. The molecule has 0 aromatic carbocycles. The largest absolute Gasteiger partial charge is 0.472 e. The highest BCUT2D eigenvalue weighted by Crippen LogP contribution is 2.45. The van der Waals surface area contributed by atoms with Crippen LogP contribution in [0.15, 0.2) is 0 Å². The van der Waals surface area contributed by atoms with E-state index in [0.29, 0.717) is 25.7 Å². The first-order chi connectivity index (χ1) is 48.5. The summed E-state index contributed by atoms with van der Waals surface area (Å²) in [7, 11) is -9.92. The molecule has 19 heteroatoms. The molecule has 0 saturated heterocycles. The number of aliphatic hydroxyl groups excluding tert-OH is 1. The van der Waals surface area contributed by atoms with Gasteiger partial charge in [0.05, 0.1) is 26.4 Å². The zero-order valence-corrected chi connectivity index (χ0v) is 67.1. The molecule has 0 saturated carbocycles. The van der Waals surface area contributed by atoms with Crippen LogP contribution in [-0.4, -0.2) is 96.7 Å². The minimum atomic E-state index is -4.96. The number of hydrogen-bond donors (Lipinski definition) is 3. The number of rotatable bonds is 81. The summed E-state index contributed by atoms with van der Waals surface area (Å²) in [5, 5.41) is 10.6. The van der Waals surface area contributed by atoms with Crippen molar-refractivity contribution in [2.45, 2.75) is 451 Å². The number of aliphatic hydroxyl groups is 1. The second kappa shape index (κ2) is 73.9. The molecular weight excluding hydrogens is 1310 g/mol. The Balaban J connectivity index is 5.25. The van der Waals surface area contributed by atoms with Gasteiger partial charge in [-0.15, -0.1) is 0 Å². The van der Waals surface area contributed by atoms with Crippen LogP contribution in [0.3, 0.4) is 0 Å². The highest BCUT2D eigenvalue weighted by Gasteiger charge is 2.30. The number of carbonyl (C=O) groups is 4. The molecule has 0 aromatic rings. The normalized spacial score (nSPS) is 13.8. The van der Waals surface area contributed by atoms with Crippen molar-refractivity contribution in [3.05, 3.63) is 0 Å². The standard InChI is InChI=1S/C81H158O17P2/c1-6-9-12-15-18-21-24-27-29-31-33-35-37-40-46-51-56-61-66-80(85)97-76(70-92-79(84)65-60-55-50-45-39-36-34-32-30-28-25-22-19-16-13-10-7-2)72-95-99(87,88)93-68-75(82)69-94-100(89,90)96-73-77(71-91-78(83)64-59-54-49-44-38-26-23-20-17-14-11-8-3)98-81(86)67-62-57-52-47-42-41-43-48-53-58-63-74(4)5/h74-77,82H,6-73H2,1-5H3,(H,87,88)(H,89,90)/t75-,76-,77-/m1/s1. The molecule has 0 rings (SSSR count). The molecule has 0 spiro atoms. The lowest BCUT2D eigenvalue weighted by atomic mass is 10.0. The van der Waals surface area contributed by atoms with Crippen molar-refractivity contribution in [3.8, 4) is 0 Å². The van der Waals surface area contributed by atoms with Gasteiger partial charge in [0.2, 0.25) is 0 Å². The van der Waals surface area contributed by atoms with Crippen molar-refractivity contribution in [1.29, 1.82) is 0 Å². The Kier molecular flexibility index (Phi) is 72.5. The van der Waals surface area contributed by atoms with Crippen LogP contribution < -0.4 is 0 Å². The molecule has 0 fully saturated rings. The number of unbranched alkanes of at least 4 members (excludes halogenated alkanes) is 53. The third-order valence-corrected chi connectivity index (χ3v) is 20.9. The Bertz CT molecular complexity index is 1910. The van der Waals surface area contributed by atoms with Crippen LogP contribution in [-0.2, 0) is 65.4 Å². The van der Waals surface area contributed by atoms with E-state index in [1.165, 1.54) is 257 Å². The maximum atomic E-state index is 13.1. The molecule has 17 nitrogen and oxygen atoms in total. The minimum Gasteiger partial charge on any atom is -0.462 e. The van der Waals surface area contributed by atoms with Crippen molar-refractivity contribution in [2.24, 2.45) is 5.92 Å². The quantitative estimate of drug-likeness (QED) is 0.0222. The number of phosphoric acid groups is 2. The van der Waals surface area contributed by atoms with E-state index >= 15 is 0 Å². The van der Waals surface area contributed by atoms with Crippen LogP contribution >= 0.6 is 15.6 Å². The lowest BCUT2D eigenvalue weighted by Gasteiger charge is -2.21. The average Bonchev–Trinajstić information content (AvgIpc) is 0.979. The fourth-order valence-corrected chi connectivity index (χ4v) is 14.2. The van der Waals surface area contributed by atoms with E-state index in [2.05, 4.69) is 34.6 Å². The van der Waals surface area contributed by atoms with Gasteiger partial charge in [-0.05, 0) is 31.6 Å². The second-order valence-electron chi connectivity index (χ2n) is 29.6. The third kappa shape index (κ3) is 74.3. The SMILES string of the molecule is CCCCCCCCCCCCCCCCCCCCC(=O)O[C@H](COC(=O)CCCCCCCCCCCCCCCCCCC)COP(=O)(O)OC[C@@H](O)COP(=O)(O)OC[C@@H](COC(=O)CCCCCCCCCCCCCC)OC(=O)CCCCCCCCCCCCC(C)C. The highest BCUT2D eigenvalue weighted by molar-refractivity contribution is 7.47. The van der Waals surface area contributed by atoms with Gasteiger partial charge in [0.25, 0.3) is 0 Å². The highest BCUT2D eigenvalue weighted by atomic mass is 31.2. The summed E-state index contributed by atoms with van der Waals surface area (Å²) in [5.74, 6) is -1.35. The molecule has 0 aliphatic carbocycles. The van der Waals surface area contributed by atoms with Gasteiger partial charge >= 0.3 is 39.5 Å². The summed E-state index contributed by atoms with van der Waals surface area (Å²) in [5.41, 5.74) is 0. The van der Waals surface area contributed by atoms with Crippen molar-refractivity contribution >= 4 is 39.5 Å². The van der Waals surface area contributed by atoms with E-state index in [4.69, 9.17) is 37.0 Å². The predicted molar refractivity (Wildman–Crippen MR) is 409 cm³/mol. The monoisotopic (exact) mass is 1470 g/mol. The number of carbonyl (C=O) groups excluding carboxylic acids is 4. The summed E-state index contributed by atoms with van der Waals surface area (Å²) in [6.07, 6.45) is 65.1. The molecular formula is C81H158O17P2. The molecule has 0 bridgehead atoms. The fraction of sp³-hybridized carbons (Fsp3) is 0.951. The van der Waals surface area contributed by atoms with Crippen molar-refractivity contribution < 1.29 is 80.2 Å². The maximum absolute atomic E-state index is 13.1. The molecule has 3 N–H and O–H groups in total. The van der Waals surface area contributed by atoms with E-state index in [-0.39, 0.29) is 25.7 Å². The summed E-state index contributed by atoms with van der Waals surface area (Å²) in [4.78, 5) is 73.0. The van der Waals surface area contributed by atoms with Crippen LogP contribution in [0.1, 0.15) is 433 Å². The van der Waals surface area contributed by atoms with Gasteiger partial charge in [0.1, 0.15) is 19.3 Å².